The fraction of sp³-hybridized carbons (Fsp3) is 0.471. The third-order valence-electron chi connectivity index (χ3n) is 4.28. The van der Waals surface area contributed by atoms with Crippen LogP contribution in [0.3, 0.4) is 0 Å². The molecule has 5 heteroatoms. The first-order chi connectivity index (χ1) is 10.1. The average Bonchev–Trinajstić information content (AvgIpc) is 2.83. The molecule has 0 aliphatic carbocycles. The van der Waals surface area contributed by atoms with E-state index in [1.165, 1.54) is 11.1 Å². The second kappa shape index (κ2) is 7.16. The van der Waals surface area contributed by atoms with E-state index in [-0.39, 0.29) is 24.4 Å². The Morgan fingerprint density at radius 2 is 2.14 bits per heavy atom. The molecule has 0 spiro atoms. The number of benzene rings is 1. The van der Waals surface area contributed by atoms with Crippen molar-refractivity contribution in [1.82, 2.24) is 10.6 Å². The topological polar surface area (TPSA) is 54.3 Å². The number of nitrogens with one attached hydrogen (secondary N) is 2. The number of carbonyl (C=O) groups excluding carboxylic acids is 1. The van der Waals surface area contributed by atoms with Gasteiger partial charge in [0.15, 0.2) is 0 Å². The second-order valence-electron chi connectivity index (χ2n) is 5.98. The van der Waals surface area contributed by atoms with Crippen LogP contribution in [0.4, 0.5) is 0 Å². The van der Waals surface area contributed by atoms with E-state index < -0.39 is 0 Å². The molecule has 1 aromatic carbocycles. The lowest BCUT2D eigenvalue weighted by Crippen LogP contribution is -2.46. The molecule has 2 N–H and O–H groups in total. The predicted molar refractivity (Wildman–Crippen MR) is 90.7 cm³/mol. The van der Waals surface area contributed by atoms with Gasteiger partial charge >= 0.3 is 0 Å². The van der Waals surface area contributed by atoms with Gasteiger partial charge in [-0.25, -0.2) is 0 Å². The summed E-state index contributed by atoms with van der Waals surface area (Å²) in [6.45, 7) is 6.08. The summed E-state index contributed by atoms with van der Waals surface area (Å²) >= 11 is 0. The molecule has 1 atom stereocenters. The van der Waals surface area contributed by atoms with Crippen molar-refractivity contribution in [1.29, 1.82) is 0 Å². The fourth-order valence-corrected chi connectivity index (χ4v) is 2.90. The molecule has 1 unspecified atom stereocenters. The van der Waals surface area contributed by atoms with Gasteiger partial charge < -0.3 is 15.1 Å². The van der Waals surface area contributed by atoms with Crippen molar-refractivity contribution >= 4 is 29.3 Å². The maximum absolute atomic E-state index is 12.2. The third-order valence-corrected chi connectivity index (χ3v) is 4.28. The first-order valence-corrected chi connectivity index (χ1v) is 7.61. The van der Waals surface area contributed by atoms with Gasteiger partial charge in [-0.05, 0) is 56.5 Å². The number of furan rings is 1. The predicted octanol–water partition coefficient (Wildman–Crippen LogP) is 2.88. The van der Waals surface area contributed by atoms with Crippen LogP contribution in [0.5, 0.6) is 0 Å². The minimum absolute atomic E-state index is 0. The fourth-order valence-electron chi connectivity index (χ4n) is 2.90. The van der Waals surface area contributed by atoms with Crippen LogP contribution in [0, 0.1) is 13.8 Å². The normalized spacial score (nSPS) is 18.0. The Labute approximate surface area is 137 Å². The zero-order valence-electron chi connectivity index (χ0n) is 13.1. The quantitative estimate of drug-likeness (QED) is 0.913. The van der Waals surface area contributed by atoms with Gasteiger partial charge in [0.05, 0.1) is 12.7 Å². The first-order valence-electron chi connectivity index (χ1n) is 7.61. The molecule has 0 radical (unpaired) electrons. The molecule has 1 saturated heterocycles. The summed E-state index contributed by atoms with van der Waals surface area (Å²) in [4.78, 5) is 12.2. The van der Waals surface area contributed by atoms with Crippen LogP contribution in [0.15, 0.2) is 22.8 Å². The number of hydrogen-bond acceptors (Lipinski definition) is 3. The van der Waals surface area contributed by atoms with E-state index in [9.17, 15) is 4.79 Å². The third kappa shape index (κ3) is 3.62. The van der Waals surface area contributed by atoms with Crippen molar-refractivity contribution in [3.8, 4) is 0 Å². The van der Waals surface area contributed by atoms with E-state index in [2.05, 4.69) is 30.5 Å². The second-order valence-corrected chi connectivity index (χ2v) is 5.98. The van der Waals surface area contributed by atoms with E-state index in [1.807, 2.05) is 6.07 Å². The van der Waals surface area contributed by atoms with E-state index in [0.717, 1.165) is 42.5 Å². The maximum Gasteiger partial charge on any atom is 0.224 e. The van der Waals surface area contributed by atoms with Gasteiger partial charge in [0.25, 0.3) is 0 Å². The van der Waals surface area contributed by atoms with Crippen LogP contribution in [0.1, 0.15) is 29.5 Å². The Bertz CT molecular complexity index is 660. The molecular weight excluding hydrogens is 300 g/mol. The van der Waals surface area contributed by atoms with E-state index in [0.29, 0.717) is 6.42 Å². The largest absolute Gasteiger partial charge is 0.464 e. The molecule has 22 heavy (non-hydrogen) atoms. The standard InChI is InChI=1S/C17H22N2O2.ClH/c1-11-6-15-13(10-21-16(15)7-12(11)2)8-17(20)19-14-4-3-5-18-9-14;/h6-7,10,14,18H,3-5,8-9H2,1-2H3,(H,19,20);1H. The molecule has 1 aliphatic rings. The Morgan fingerprint density at radius 1 is 1.36 bits per heavy atom. The minimum atomic E-state index is 0. The van der Waals surface area contributed by atoms with Gasteiger partial charge in [-0.2, -0.15) is 0 Å². The number of fused-ring (bicyclic) bond motifs is 1. The molecule has 2 aromatic rings. The van der Waals surface area contributed by atoms with Crippen molar-refractivity contribution in [3.63, 3.8) is 0 Å². The Hall–Kier alpha value is -1.52. The highest BCUT2D eigenvalue weighted by molar-refractivity contribution is 5.88. The molecular formula is C17H23ClN2O2. The number of halogens is 1. The Balaban J connectivity index is 0.00000176. The summed E-state index contributed by atoms with van der Waals surface area (Å²) < 4.78 is 5.58. The van der Waals surface area contributed by atoms with E-state index >= 15 is 0 Å². The van der Waals surface area contributed by atoms with Crippen LogP contribution in [0.2, 0.25) is 0 Å². The first kappa shape index (κ1) is 16.8. The minimum Gasteiger partial charge on any atom is -0.464 e. The summed E-state index contributed by atoms with van der Waals surface area (Å²) in [5, 5.41) is 7.46. The number of amides is 1. The SMILES string of the molecule is Cc1cc2occ(CC(=O)NC3CCCNC3)c2cc1C.Cl. The summed E-state index contributed by atoms with van der Waals surface area (Å²) in [5.74, 6) is 0.0737. The van der Waals surface area contributed by atoms with Crippen molar-refractivity contribution in [2.75, 3.05) is 13.1 Å². The molecule has 1 aromatic heterocycles. The maximum atomic E-state index is 12.2. The molecule has 120 valence electrons. The molecule has 1 fully saturated rings. The number of hydrogen-bond donors (Lipinski definition) is 2. The molecule has 1 aliphatic heterocycles. The highest BCUT2D eigenvalue weighted by atomic mass is 35.5. The van der Waals surface area contributed by atoms with Crippen LogP contribution < -0.4 is 10.6 Å². The zero-order chi connectivity index (χ0) is 14.8. The van der Waals surface area contributed by atoms with E-state index in [4.69, 9.17) is 4.42 Å². The van der Waals surface area contributed by atoms with Crippen molar-refractivity contribution in [2.24, 2.45) is 0 Å². The molecule has 2 heterocycles. The van der Waals surface area contributed by atoms with Gasteiger partial charge in [-0.1, -0.05) is 0 Å². The summed E-state index contributed by atoms with van der Waals surface area (Å²) in [7, 11) is 0. The highest BCUT2D eigenvalue weighted by Crippen LogP contribution is 2.25. The van der Waals surface area contributed by atoms with Crippen molar-refractivity contribution < 1.29 is 9.21 Å². The van der Waals surface area contributed by atoms with Gasteiger partial charge in [0, 0.05) is 23.5 Å². The Kier molecular flexibility index (Phi) is 5.48. The molecule has 0 bridgehead atoms. The number of piperidine rings is 1. The average molecular weight is 323 g/mol. The Morgan fingerprint density at radius 3 is 2.86 bits per heavy atom. The van der Waals surface area contributed by atoms with Crippen LogP contribution in [-0.2, 0) is 11.2 Å². The summed E-state index contributed by atoms with van der Waals surface area (Å²) in [6, 6.07) is 4.41. The molecule has 3 rings (SSSR count). The molecule has 1 amide bonds. The van der Waals surface area contributed by atoms with Gasteiger partial charge in [0.1, 0.15) is 5.58 Å². The summed E-state index contributed by atoms with van der Waals surface area (Å²) in [5.41, 5.74) is 4.26. The van der Waals surface area contributed by atoms with Crippen LogP contribution in [0.25, 0.3) is 11.0 Å². The van der Waals surface area contributed by atoms with Gasteiger partial charge in [-0.15, -0.1) is 12.4 Å². The van der Waals surface area contributed by atoms with Gasteiger partial charge in [-0.3, -0.25) is 4.79 Å². The lowest BCUT2D eigenvalue weighted by molar-refractivity contribution is -0.121. The monoisotopic (exact) mass is 322 g/mol. The number of carbonyl (C=O) groups is 1. The molecule has 4 nitrogen and oxygen atoms in total. The molecule has 0 saturated carbocycles. The van der Waals surface area contributed by atoms with Crippen LogP contribution >= 0.6 is 12.4 Å². The highest BCUT2D eigenvalue weighted by Gasteiger charge is 2.17. The number of rotatable bonds is 3. The summed E-state index contributed by atoms with van der Waals surface area (Å²) in [6.07, 6.45) is 4.27. The lowest BCUT2D eigenvalue weighted by Gasteiger charge is -2.23. The van der Waals surface area contributed by atoms with Crippen molar-refractivity contribution in [2.45, 2.75) is 39.2 Å². The zero-order valence-corrected chi connectivity index (χ0v) is 13.9. The van der Waals surface area contributed by atoms with E-state index in [1.54, 1.807) is 6.26 Å². The lowest BCUT2D eigenvalue weighted by atomic mass is 10.0. The number of aryl methyl sites for hydroxylation is 2. The van der Waals surface area contributed by atoms with Crippen LogP contribution in [-0.4, -0.2) is 25.0 Å². The van der Waals surface area contributed by atoms with Gasteiger partial charge in [0.2, 0.25) is 5.91 Å². The van der Waals surface area contributed by atoms with Crippen molar-refractivity contribution in [3.05, 3.63) is 35.1 Å². The smallest absolute Gasteiger partial charge is 0.224 e.